The highest BCUT2D eigenvalue weighted by Gasteiger charge is 2.44. The second-order valence-corrected chi connectivity index (χ2v) is 6.88. The molecule has 1 nitrogen and oxygen atoms in total. The third-order valence-corrected chi connectivity index (χ3v) is 5.58. The molecule has 0 unspecified atom stereocenters. The van der Waals surface area contributed by atoms with Crippen molar-refractivity contribution in [1.82, 2.24) is 0 Å². The van der Waals surface area contributed by atoms with Gasteiger partial charge >= 0.3 is 0 Å². The Kier molecular flexibility index (Phi) is 3.21. The van der Waals surface area contributed by atoms with E-state index in [-0.39, 0.29) is 11.7 Å². The first-order valence-corrected chi connectivity index (χ1v) is 8.81. The predicted octanol–water partition coefficient (Wildman–Crippen LogP) is 5.61. The average Bonchev–Trinajstić information content (AvgIpc) is 3.20. The molecule has 2 aliphatic rings. The third-order valence-electron chi connectivity index (χ3n) is 5.58. The van der Waals surface area contributed by atoms with E-state index in [2.05, 4.69) is 66.7 Å². The number of carbonyl (C=O) groups is 1. The maximum atomic E-state index is 13.0. The standard InChI is InChI=1S/C24H18O/c25-24-19-14-8-7-13-18(19)23-21(24)15-20(16-9-3-1-4-10-16)22(23)17-11-5-2-6-12-17/h1-14,20,22H,15H2/t20-,22-/m0/s1. The van der Waals surface area contributed by atoms with Crippen LogP contribution in [0.3, 0.4) is 0 Å². The molecule has 0 saturated carbocycles. The zero-order valence-corrected chi connectivity index (χ0v) is 13.9. The minimum Gasteiger partial charge on any atom is -0.289 e. The fourth-order valence-corrected chi connectivity index (χ4v) is 4.53. The van der Waals surface area contributed by atoms with Crippen molar-refractivity contribution in [2.75, 3.05) is 0 Å². The largest absolute Gasteiger partial charge is 0.289 e. The highest BCUT2D eigenvalue weighted by Crippen LogP contribution is 2.57. The minimum atomic E-state index is 0.227. The minimum absolute atomic E-state index is 0.227. The molecule has 2 atom stereocenters. The maximum Gasteiger partial charge on any atom is 0.189 e. The van der Waals surface area contributed by atoms with Crippen LogP contribution >= 0.6 is 0 Å². The van der Waals surface area contributed by atoms with E-state index < -0.39 is 0 Å². The topological polar surface area (TPSA) is 17.1 Å². The number of fused-ring (bicyclic) bond motifs is 2. The summed E-state index contributed by atoms with van der Waals surface area (Å²) in [6, 6.07) is 29.3. The molecule has 0 fully saturated rings. The van der Waals surface area contributed by atoms with Crippen molar-refractivity contribution in [3.8, 4) is 0 Å². The molecule has 120 valence electrons. The summed E-state index contributed by atoms with van der Waals surface area (Å²) in [4.78, 5) is 13.0. The summed E-state index contributed by atoms with van der Waals surface area (Å²) >= 11 is 0. The maximum absolute atomic E-state index is 13.0. The summed E-state index contributed by atoms with van der Waals surface area (Å²) < 4.78 is 0. The first-order valence-electron chi connectivity index (χ1n) is 8.81. The van der Waals surface area contributed by atoms with Crippen molar-refractivity contribution in [2.24, 2.45) is 0 Å². The first-order chi connectivity index (χ1) is 12.3. The van der Waals surface area contributed by atoms with E-state index in [4.69, 9.17) is 0 Å². The SMILES string of the molecule is O=C1C2=C(c3ccccc31)[C@@H](c1ccccc1)[C@H](c1ccccc1)C2. The molecule has 0 aliphatic heterocycles. The molecule has 0 aromatic heterocycles. The molecule has 0 amide bonds. The van der Waals surface area contributed by atoms with Crippen molar-refractivity contribution in [1.29, 1.82) is 0 Å². The van der Waals surface area contributed by atoms with E-state index in [1.54, 1.807) is 0 Å². The van der Waals surface area contributed by atoms with Crippen molar-refractivity contribution in [3.63, 3.8) is 0 Å². The quantitative estimate of drug-likeness (QED) is 0.599. The molecule has 3 aromatic carbocycles. The van der Waals surface area contributed by atoms with Crippen LogP contribution in [0.15, 0.2) is 90.5 Å². The summed E-state index contributed by atoms with van der Waals surface area (Å²) in [5, 5.41) is 0. The van der Waals surface area contributed by atoms with E-state index in [9.17, 15) is 4.79 Å². The van der Waals surface area contributed by atoms with E-state index in [0.29, 0.717) is 5.92 Å². The average molecular weight is 322 g/mol. The monoisotopic (exact) mass is 322 g/mol. The van der Waals surface area contributed by atoms with Gasteiger partial charge in [0.2, 0.25) is 0 Å². The summed E-state index contributed by atoms with van der Waals surface area (Å²) in [6.07, 6.45) is 0.826. The molecule has 1 heteroatoms. The molecule has 5 rings (SSSR count). The third kappa shape index (κ3) is 2.12. The summed E-state index contributed by atoms with van der Waals surface area (Å²) in [5.41, 5.74) is 6.89. The number of benzene rings is 3. The van der Waals surface area contributed by atoms with Gasteiger partial charge in [-0.1, -0.05) is 84.9 Å². The molecule has 0 N–H and O–H groups in total. The molecule has 2 aliphatic carbocycles. The number of hydrogen-bond acceptors (Lipinski definition) is 1. The molecule has 0 radical (unpaired) electrons. The molecule has 0 bridgehead atoms. The van der Waals surface area contributed by atoms with Crippen molar-refractivity contribution < 1.29 is 4.79 Å². The van der Waals surface area contributed by atoms with Crippen LogP contribution in [0.2, 0.25) is 0 Å². The Morgan fingerprint density at radius 1 is 0.640 bits per heavy atom. The van der Waals surface area contributed by atoms with Gasteiger partial charge in [-0.25, -0.2) is 0 Å². The number of allylic oxidation sites excluding steroid dienone is 2. The zero-order valence-electron chi connectivity index (χ0n) is 13.9. The second kappa shape index (κ2) is 5.56. The molecular weight excluding hydrogens is 304 g/mol. The lowest BCUT2D eigenvalue weighted by atomic mass is 9.78. The fourth-order valence-electron chi connectivity index (χ4n) is 4.53. The number of carbonyl (C=O) groups excluding carboxylic acids is 1. The molecule has 3 aromatic rings. The van der Waals surface area contributed by atoms with E-state index in [0.717, 1.165) is 23.1 Å². The van der Waals surface area contributed by atoms with Gasteiger partial charge in [-0.2, -0.15) is 0 Å². The smallest absolute Gasteiger partial charge is 0.189 e. The van der Waals surface area contributed by atoms with Crippen LogP contribution in [0.4, 0.5) is 0 Å². The predicted molar refractivity (Wildman–Crippen MR) is 101 cm³/mol. The van der Waals surface area contributed by atoms with Gasteiger partial charge in [0.25, 0.3) is 0 Å². The van der Waals surface area contributed by atoms with Gasteiger partial charge in [0.05, 0.1) is 0 Å². The van der Waals surface area contributed by atoms with Crippen LogP contribution < -0.4 is 0 Å². The van der Waals surface area contributed by atoms with Crippen molar-refractivity contribution >= 4 is 11.4 Å². The van der Waals surface area contributed by atoms with Crippen LogP contribution in [0, 0.1) is 0 Å². The normalized spacial score (nSPS) is 21.4. The molecule has 0 saturated heterocycles. The van der Waals surface area contributed by atoms with Gasteiger partial charge in [0.15, 0.2) is 5.78 Å². The van der Waals surface area contributed by atoms with Crippen molar-refractivity contribution in [2.45, 2.75) is 18.3 Å². The Hall–Kier alpha value is -2.93. The van der Waals surface area contributed by atoms with Gasteiger partial charge in [0.1, 0.15) is 0 Å². The van der Waals surface area contributed by atoms with Crippen LogP contribution in [0.25, 0.3) is 5.57 Å². The van der Waals surface area contributed by atoms with Gasteiger partial charge in [0, 0.05) is 17.1 Å². The van der Waals surface area contributed by atoms with Crippen molar-refractivity contribution in [3.05, 3.63) is 113 Å². The Morgan fingerprint density at radius 2 is 1.20 bits per heavy atom. The molecular formula is C24H18O. The summed E-state index contributed by atoms with van der Waals surface area (Å²) in [7, 11) is 0. The van der Waals surface area contributed by atoms with E-state index in [1.165, 1.54) is 16.7 Å². The Morgan fingerprint density at radius 3 is 1.88 bits per heavy atom. The second-order valence-electron chi connectivity index (χ2n) is 6.88. The fraction of sp³-hybridized carbons (Fsp3) is 0.125. The highest BCUT2D eigenvalue weighted by molar-refractivity contribution is 6.22. The lowest BCUT2D eigenvalue weighted by Gasteiger charge is -2.25. The number of rotatable bonds is 2. The van der Waals surface area contributed by atoms with E-state index in [1.807, 2.05) is 18.2 Å². The Bertz CT molecular complexity index is 983. The van der Waals surface area contributed by atoms with Crippen LogP contribution in [0.1, 0.15) is 45.3 Å². The Balaban J connectivity index is 1.71. The number of hydrogen-bond donors (Lipinski definition) is 0. The molecule has 0 heterocycles. The van der Waals surface area contributed by atoms with Gasteiger partial charge in [-0.05, 0) is 34.6 Å². The number of ketones is 1. The van der Waals surface area contributed by atoms with E-state index >= 15 is 0 Å². The van der Waals surface area contributed by atoms with Crippen LogP contribution in [0.5, 0.6) is 0 Å². The molecule has 0 spiro atoms. The summed E-state index contributed by atoms with van der Waals surface area (Å²) in [6.45, 7) is 0. The lowest BCUT2D eigenvalue weighted by molar-refractivity contribution is 0.103. The first kappa shape index (κ1) is 14.4. The van der Waals surface area contributed by atoms with Crippen LogP contribution in [-0.4, -0.2) is 5.78 Å². The van der Waals surface area contributed by atoms with Gasteiger partial charge in [-0.3, -0.25) is 4.79 Å². The van der Waals surface area contributed by atoms with Gasteiger partial charge in [-0.15, -0.1) is 0 Å². The lowest BCUT2D eigenvalue weighted by Crippen LogP contribution is -2.10. The number of Topliss-reactive ketones (excluding diaryl/α,β-unsaturated/α-hetero) is 1. The van der Waals surface area contributed by atoms with Gasteiger partial charge < -0.3 is 0 Å². The zero-order chi connectivity index (χ0) is 16.8. The molecule has 25 heavy (non-hydrogen) atoms. The summed E-state index contributed by atoms with van der Waals surface area (Å²) in [5.74, 6) is 0.794. The Labute approximate surface area is 147 Å². The van der Waals surface area contributed by atoms with Crippen LogP contribution in [-0.2, 0) is 0 Å². The highest BCUT2D eigenvalue weighted by atomic mass is 16.1.